The van der Waals surface area contributed by atoms with Gasteiger partial charge in [-0.1, -0.05) is 30.1 Å². The van der Waals surface area contributed by atoms with Crippen LogP contribution in [-0.4, -0.2) is 55.6 Å². The van der Waals surface area contributed by atoms with E-state index in [2.05, 4.69) is 22.1 Å². The Balaban J connectivity index is 1.34. The van der Waals surface area contributed by atoms with Crippen molar-refractivity contribution in [1.29, 1.82) is 5.26 Å². The Morgan fingerprint density at radius 3 is 2.64 bits per heavy atom. The summed E-state index contributed by atoms with van der Waals surface area (Å²) in [6, 6.07) is 12.9. The zero-order valence-corrected chi connectivity index (χ0v) is 23.4. The van der Waals surface area contributed by atoms with Gasteiger partial charge in [-0.25, -0.2) is 15.0 Å². The van der Waals surface area contributed by atoms with E-state index in [1.54, 1.807) is 22.7 Å². The predicted octanol–water partition coefficient (Wildman–Crippen LogP) is 5.27. The molecule has 4 aromatic rings. The van der Waals surface area contributed by atoms with Gasteiger partial charge in [-0.05, 0) is 75.0 Å². The number of pyridine rings is 1. The van der Waals surface area contributed by atoms with Gasteiger partial charge >= 0.3 is 0 Å². The normalized spacial score (nSPS) is 14.5. The summed E-state index contributed by atoms with van der Waals surface area (Å²) in [5.74, 6) is 2.44. The van der Waals surface area contributed by atoms with Crippen molar-refractivity contribution in [3.63, 3.8) is 0 Å². The van der Waals surface area contributed by atoms with Crippen molar-refractivity contribution in [3.05, 3.63) is 63.5 Å². The Labute approximate surface area is 238 Å². The van der Waals surface area contributed by atoms with Crippen LogP contribution in [0.3, 0.4) is 0 Å². The summed E-state index contributed by atoms with van der Waals surface area (Å²) < 4.78 is 1.76. The van der Waals surface area contributed by atoms with Crippen LogP contribution in [0.4, 0.5) is 11.8 Å². The second-order valence-electron chi connectivity index (χ2n) is 10.0. The van der Waals surface area contributed by atoms with Crippen LogP contribution in [0.25, 0.3) is 16.9 Å². The molecule has 4 heterocycles. The highest BCUT2D eigenvalue weighted by Gasteiger charge is 2.18. The van der Waals surface area contributed by atoms with E-state index in [0.717, 1.165) is 55.5 Å². The van der Waals surface area contributed by atoms with E-state index in [1.165, 1.54) is 12.8 Å². The SMILES string of the molecule is CC1CCN(CCc2nc3cc(-c4ccc(Cl)cc4Cl)nc(NCCCc4ccc(C#N)c(N)n4)n3n2)CC1. The first-order chi connectivity index (χ1) is 18.9. The maximum atomic E-state index is 9.07. The van der Waals surface area contributed by atoms with Gasteiger partial charge in [-0.2, -0.15) is 9.78 Å². The van der Waals surface area contributed by atoms with Crippen molar-refractivity contribution in [2.24, 2.45) is 5.92 Å². The van der Waals surface area contributed by atoms with Crippen LogP contribution < -0.4 is 11.1 Å². The summed E-state index contributed by atoms with van der Waals surface area (Å²) in [6.45, 7) is 6.14. The molecule has 1 aliphatic rings. The minimum absolute atomic E-state index is 0.257. The topological polar surface area (TPSA) is 121 Å². The van der Waals surface area contributed by atoms with Crippen molar-refractivity contribution >= 4 is 40.6 Å². The fourth-order valence-corrected chi connectivity index (χ4v) is 5.26. The maximum Gasteiger partial charge on any atom is 0.226 e. The zero-order chi connectivity index (χ0) is 27.4. The van der Waals surface area contributed by atoms with Gasteiger partial charge in [0.05, 0.1) is 16.3 Å². The van der Waals surface area contributed by atoms with E-state index < -0.39 is 0 Å². The standard InChI is InChI=1S/C28H31Cl2N9/c1-18-8-12-38(13-9-18)14-10-25-36-26-16-24(22-7-5-20(29)15-23(22)30)35-28(39(26)37-25)33-11-2-3-21-6-4-19(17-31)27(32)34-21/h4-7,15-16,18H,2-3,8-14H2,1H3,(H2,32,34)(H,33,35). The van der Waals surface area contributed by atoms with Gasteiger partial charge in [0.25, 0.3) is 0 Å². The van der Waals surface area contributed by atoms with Gasteiger partial charge in [0, 0.05) is 41.9 Å². The highest BCUT2D eigenvalue weighted by molar-refractivity contribution is 6.36. The molecule has 1 saturated heterocycles. The molecule has 3 aromatic heterocycles. The highest BCUT2D eigenvalue weighted by atomic mass is 35.5. The number of nitriles is 1. The Kier molecular flexibility index (Phi) is 8.46. The molecule has 0 radical (unpaired) electrons. The van der Waals surface area contributed by atoms with Gasteiger partial charge < -0.3 is 16.0 Å². The van der Waals surface area contributed by atoms with Crippen LogP contribution in [0.1, 0.15) is 43.3 Å². The molecular weight excluding hydrogens is 533 g/mol. The van der Waals surface area contributed by atoms with Crippen molar-refractivity contribution in [3.8, 4) is 17.3 Å². The van der Waals surface area contributed by atoms with Crippen LogP contribution in [0.2, 0.25) is 10.0 Å². The number of aromatic nitrogens is 5. The van der Waals surface area contributed by atoms with Crippen molar-refractivity contribution in [2.75, 3.05) is 37.2 Å². The molecule has 202 valence electrons. The number of fused-ring (bicyclic) bond motifs is 1. The van der Waals surface area contributed by atoms with Gasteiger partial charge in [-0.15, -0.1) is 5.10 Å². The number of hydrogen-bond donors (Lipinski definition) is 2. The second-order valence-corrected chi connectivity index (χ2v) is 10.9. The number of rotatable bonds is 9. The minimum atomic E-state index is 0.257. The second kappa shape index (κ2) is 12.2. The number of hydrogen-bond acceptors (Lipinski definition) is 8. The number of halogens is 2. The first kappa shape index (κ1) is 27.1. The molecule has 0 aliphatic carbocycles. The molecule has 0 spiro atoms. The lowest BCUT2D eigenvalue weighted by Gasteiger charge is -2.29. The number of aryl methyl sites for hydroxylation is 1. The molecule has 1 aromatic carbocycles. The Bertz CT molecular complexity index is 1500. The van der Waals surface area contributed by atoms with E-state index in [0.29, 0.717) is 45.9 Å². The molecule has 5 rings (SSSR count). The number of nitrogen functional groups attached to an aromatic ring is 1. The zero-order valence-electron chi connectivity index (χ0n) is 21.9. The third-order valence-electron chi connectivity index (χ3n) is 7.10. The summed E-state index contributed by atoms with van der Waals surface area (Å²) in [4.78, 5) is 16.5. The molecule has 0 bridgehead atoms. The van der Waals surface area contributed by atoms with E-state index in [1.807, 2.05) is 24.3 Å². The summed E-state index contributed by atoms with van der Waals surface area (Å²) in [5, 5.41) is 18.4. The molecule has 0 unspecified atom stereocenters. The molecule has 1 aliphatic heterocycles. The van der Waals surface area contributed by atoms with E-state index in [-0.39, 0.29) is 5.82 Å². The van der Waals surface area contributed by atoms with Crippen LogP contribution in [-0.2, 0) is 12.8 Å². The Morgan fingerprint density at radius 1 is 1.08 bits per heavy atom. The smallest absolute Gasteiger partial charge is 0.226 e. The Hall–Kier alpha value is -3.45. The van der Waals surface area contributed by atoms with Gasteiger partial charge in [0.1, 0.15) is 11.9 Å². The quantitative estimate of drug-likeness (QED) is 0.264. The number of nitrogens with one attached hydrogen (secondary N) is 1. The monoisotopic (exact) mass is 563 g/mol. The highest BCUT2D eigenvalue weighted by Crippen LogP contribution is 2.30. The molecule has 3 N–H and O–H groups in total. The maximum absolute atomic E-state index is 9.07. The molecule has 0 saturated carbocycles. The van der Waals surface area contributed by atoms with Gasteiger partial charge in [0.2, 0.25) is 5.95 Å². The van der Waals surface area contributed by atoms with Crippen LogP contribution in [0.15, 0.2) is 36.4 Å². The first-order valence-corrected chi connectivity index (χ1v) is 14.0. The van der Waals surface area contributed by atoms with Crippen molar-refractivity contribution < 1.29 is 0 Å². The Morgan fingerprint density at radius 2 is 1.90 bits per heavy atom. The molecule has 0 amide bonds. The lowest BCUT2D eigenvalue weighted by Crippen LogP contribution is -2.34. The third-order valence-corrected chi connectivity index (χ3v) is 7.65. The van der Waals surface area contributed by atoms with Crippen LogP contribution in [0, 0.1) is 17.2 Å². The van der Waals surface area contributed by atoms with Crippen LogP contribution >= 0.6 is 23.2 Å². The summed E-state index contributed by atoms with van der Waals surface area (Å²) in [7, 11) is 0. The van der Waals surface area contributed by atoms with E-state index in [9.17, 15) is 0 Å². The third kappa shape index (κ3) is 6.59. The molecule has 11 heteroatoms. The predicted molar refractivity (Wildman–Crippen MR) is 155 cm³/mol. The largest absolute Gasteiger partial charge is 0.383 e. The fraction of sp³-hybridized carbons (Fsp3) is 0.393. The van der Waals surface area contributed by atoms with Crippen molar-refractivity contribution in [2.45, 2.75) is 39.0 Å². The van der Waals surface area contributed by atoms with E-state index in [4.69, 9.17) is 49.3 Å². The number of likely N-dealkylation sites (tertiary alicyclic amines) is 1. The molecular formula is C28H31Cl2N9. The number of piperidine rings is 1. The summed E-state index contributed by atoms with van der Waals surface area (Å²) in [6.07, 6.45) is 4.74. The molecule has 0 atom stereocenters. The number of nitrogens with two attached hydrogens (primary N) is 1. The summed E-state index contributed by atoms with van der Waals surface area (Å²) in [5.41, 5.74) is 9.26. The lowest BCUT2D eigenvalue weighted by molar-refractivity contribution is 0.193. The molecule has 39 heavy (non-hydrogen) atoms. The first-order valence-electron chi connectivity index (χ1n) is 13.2. The fourth-order valence-electron chi connectivity index (χ4n) is 4.75. The summed E-state index contributed by atoms with van der Waals surface area (Å²) >= 11 is 12.6. The molecule has 9 nitrogen and oxygen atoms in total. The lowest BCUT2D eigenvalue weighted by atomic mass is 9.99. The van der Waals surface area contributed by atoms with Crippen molar-refractivity contribution in [1.82, 2.24) is 29.5 Å². The number of benzene rings is 1. The minimum Gasteiger partial charge on any atom is -0.383 e. The molecule has 1 fully saturated rings. The van der Waals surface area contributed by atoms with E-state index >= 15 is 0 Å². The average Bonchev–Trinajstić information content (AvgIpc) is 3.34. The van der Waals surface area contributed by atoms with Crippen LogP contribution in [0.5, 0.6) is 0 Å². The average molecular weight is 565 g/mol. The van der Waals surface area contributed by atoms with Gasteiger partial charge in [-0.3, -0.25) is 0 Å². The number of anilines is 2. The number of nitrogens with zero attached hydrogens (tertiary/aromatic N) is 7. The van der Waals surface area contributed by atoms with Gasteiger partial charge in [0.15, 0.2) is 11.5 Å².